The van der Waals surface area contributed by atoms with Gasteiger partial charge in [0.05, 0.1) is 0 Å². The van der Waals surface area contributed by atoms with E-state index >= 15 is 0 Å². The molecule has 6 heteroatoms. The molecule has 0 radical (unpaired) electrons. The van der Waals surface area contributed by atoms with Crippen LogP contribution in [0.2, 0.25) is 0 Å². The fourth-order valence-corrected chi connectivity index (χ4v) is 1.70. The number of anilines is 2. The molecule has 1 rings (SSSR count). The molecule has 1 aromatic carbocycles. The Morgan fingerprint density at radius 1 is 1.05 bits per heavy atom. The lowest BCUT2D eigenvalue weighted by molar-refractivity contribution is -0.126. The van der Waals surface area contributed by atoms with E-state index in [2.05, 4.69) is 16.0 Å². The lowest BCUT2D eigenvalue weighted by Crippen LogP contribution is -2.28. The van der Waals surface area contributed by atoms with Gasteiger partial charge in [-0.05, 0) is 24.6 Å². The Bertz CT molecular complexity index is 515. The van der Waals surface area contributed by atoms with Gasteiger partial charge >= 0.3 is 0 Å². The van der Waals surface area contributed by atoms with Crippen LogP contribution in [0.5, 0.6) is 0 Å². The van der Waals surface area contributed by atoms with Crippen molar-refractivity contribution < 1.29 is 14.4 Å². The van der Waals surface area contributed by atoms with E-state index in [1.807, 2.05) is 6.92 Å². The molecule has 0 fully saturated rings. The Morgan fingerprint density at radius 2 is 1.71 bits per heavy atom. The number of rotatable bonds is 7. The number of unbranched alkanes of at least 4 members (excludes halogenated alkanes) is 1. The second kappa shape index (κ2) is 8.73. The zero-order chi connectivity index (χ0) is 15.7. The van der Waals surface area contributed by atoms with Crippen LogP contribution in [0.25, 0.3) is 0 Å². The van der Waals surface area contributed by atoms with E-state index in [1.165, 1.54) is 6.92 Å². The summed E-state index contributed by atoms with van der Waals surface area (Å²) in [5, 5.41) is 7.93. The first-order valence-corrected chi connectivity index (χ1v) is 6.95. The second-order valence-corrected chi connectivity index (χ2v) is 4.69. The molecule has 0 saturated carbocycles. The van der Waals surface area contributed by atoms with Gasteiger partial charge in [-0.2, -0.15) is 0 Å². The summed E-state index contributed by atoms with van der Waals surface area (Å²) in [5.41, 5.74) is 1.13. The van der Waals surface area contributed by atoms with Crippen molar-refractivity contribution in [2.75, 3.05) is 17.2 Å². The number of amides is 3. The lowest BCUT2D eigenvalue weighted by Gasteiger charge is -2.08. The topological polar surface area (TPSA) is 87.3 Å². The van der Waals surface area contributed by atoms with Crippen LogP contribution in [0.15, 0.2) is 24.3 Å². The molecule has 0 aliphatic carbocycles. The van der Waals surface area contributed by atoms with Crippen molar-refractivity contribution in [3.63, 3.8) is 0 Å². The number of benzene rings is 1. The molecule has 0 aromatic heterocycles. The van der Waals surface area contributed by atoms with E-state index in [9.17, 15) is 14.4 Å². The smallest absolute Gasteiger partial charge is 0.233 e. The molecule has 0 aliphatic rings. The quantitative estimate of drug-likeness (QED) is 0.529. The third-order valence-electron chi connectivity index (χ3n) is 2.64. The van der Waals surface area contributed by atoms with E-state index in [0.29, 0.717) is 17.9 Å². The molecule has 0 bridgehead atoms. The maximum atomic E-state index is 11.7. The van der Waals surface area contributed by atoms with Crippen LogP contribution in [0.3, 0.4) is 0 Å². The molecule has 0 saturated heterocycles. The van der Waals surface area contributed by atoms with Crippen molar-refractivity contribution in [3.8, 4) is 0 Å². The van der Waals surface area contributed by atoms with Gasteiger partial charge < -0.3 is 16.0 Å². The molecule has 114 valence electrons. The Labute approximate surface area is 124 Å². The summed E-state index contributed by atoms with van der Waals surface area (Å²) in [5.74, 6) is -0.864. The van der Waals surface area contributed by atoms with E-state index < -0.39 is 0 Å². The van der Waals surface area contributed by atoms with Crippen LogP contribution in [-0.4, -0.2) is 24.3 Å². The van der Waals surface area contributed by atoms with E-state index in [0.717, 1.165) is 12.8 Å². The molecule has 3 amide bonds. The highest BCUT2D eigenvalue weighted by Gasteiger charge is 2.09. The van der Waals surface area contributed by atoms with Gasteiger partial charge in [-0.25, -0.2) is 0 Å². The normalized spacial score (nSPS) is 9.81. The molecule has 0 aliphatic heterocycles. The van der Waals surface area contributed by atoms with Crippen LogP contribution in [0.1, 0.15) is 33.1 Å². The molecular formula is C15H21N3O3. The zero-order valence-electron chi connectivity index (χ0n) is 12.4. The molecule has 0 spiro atoms. The van der Waals surface area contributed by atoms with Gasteiger partial charge in [-0.15, -0.1) is 0 Å². The fraction of sp³-hybridized carbons (Fsp3) is 0.400. The molecular weight excluding hydrogens is 270 g/mol. The largest absolute Gasteiger partial charge is 0.356 e. The van der Waals surface area contributed by atoms with Crippen LogP contribution < -0.4 is 16.0 Å². The van der Waals surface area contributed by atoms with Gasteiger partial charge in [0.25, 0.3) is 0 Å². The lowest BCUT2D eigenvalue weighted by atomic mass is 10.2. The Kier molecular flexibility index (Phi) is 6.94. The van der Waals surface area contributed by atoms with Crippen molar-refractivity contribution in [2.24, 2.45) is 0 Å². The van der Waals surface area contributed by atoms with Crippen molar-refractivity contribution in [2.45, 2.75) is 33.1 Å². The summed E-state index contributed by atoms with van der Waals surface area (Å²) in [6.07, 6.45) is 1.67. The van der Waals surface area contributed by atoms with Gasteiger partial charge in [0.2, 0.25) is 17.7 Å². The number of nitrogens with one attached hydrogen (secondary N) is 3. The molecule has 0 atom stereocenters. The van der Waals surface area contributed by atoms with Crippen LogP contribution in [-0.2, 0) is 14.4 Å². The van der Waals surface area contributed by atoms with Crippen molar-refractivity contribution in [1.29, 1.82) is 0 Å². The summed E-state index contributed by atoms with van der Waals surface area (Å²) in [7, 11) is 0. The summed E-state index contributed by atoms with van der Waals surface area (Å²) in [6, 6.07) is 6.75. The number of hydrogen-bond donors (Lipinski definition) is 3. The third kappa shape index (κ3) is 7.10. The Morgan fingerprint density at radius 3 is 2.33 bits per heavy atom. The summed E-state index contributed by atoms with van der Waals surface area (Å²) in [6.45, 7) is 4.02. The maximum absolute atomic E-state index is 11.7. The first-order chi connectivity index (χ1) is 10.0. The standard InChI is InChI=1S/C15H21N3O3/c1-3-4-8-16-14(20)10-15(21)18-13-7-5-6-12(9-13)17-11(2)19/h5-7,9H,3-4,8,10H2,1-2H3,(H,16,20)(H,17,19)(H,18,21). The van der Waals surface area contributed by atoms with Crippen LogP contribution >= 0.6 is 0 Å². The van der Waals surface area contributed by atoms with Crippen molar-refractivity contribution >= 4 is 29.1 Å². The minimum atomic E-state index is -0.385. The number of carbonyl (C=O) groups excluding carboxylic acids is 3. The van der Waals surface area contributed by atoms with Gasteiger partial charge in [0, 0.05) is 24.8 Å². The molecule has 21 heavy (non-hydrogen) atoms. The molecule has 3 N–H and O–H groups in total. The van der Waals surface area contributed by atoms with E-state index in [-0.39, 0.29) is 24.1 Å². The Hall–Kier alpha value is -2.37. The SMILES string of the molecule is CCCCNC(=O)CC(=O)Nc1cccc(NC(C)=O)c1. The first kappa shape index (κ1) is 16.7. The van der Waals surface area contributed by atoms with Crippen LogP contribution in [0, 0.1) is 0 Å². The average Bonchev–Trinajstić information content (AvgIpc) is 2.38. The summed E-state index contributed by atoms with van der Waals surface area (Å²) in [4.78, 5) is 34.2. The van der Waals surface area contributed by atoms with Gasteiger partial charge in [0.1, 0.15) is 6.42 Å². The van der Waals surface area contributed by atoms with Crippen molar-refractivity contribution in [3.05, 3.63) is 24.3 Å². The molecule has 6 nitrogen and oxygen atoms in total. The van der Waals surface area contributed by atoms with E-state index in [1.54, 1.807) is 24.3 Å². The highest BCUT2D eigenvalue weighted by Crippen LogP contribution is 2.15. The summed E-state index contributed by atoms with van der Waals surface area (Å²) < 4.78 is 0. The minimum absolute atomic E-state index is 0.186. The van der Waals surface area contributed by atoms with Crippen LogP contribution in [0.4, 0.5) is 11.4 Å². The molecule has 0 unspecified atom stereocenters. The maximum Gasteiger partial charge on any atom is 0.233 e. The summed E-state index contributed by atoms with van der Waals surface area (Å²) >= 11 is 0. The fourth-order valence-electron chi connectivity index (χ4n) is 1.70. The highest BCUT2D eigenvalue weighted by atomic mass is 16.2. The molecule has 0 heterocycles. The predicted octanol–water partition coefficient (Wildman–Crippen LogP) is 1.89. The monoisotopic (exact) mass is 291 g/mol. The number of carbonyl (C=O) groups is 3. The van der Waals surface area contributed by atoms with Gasteiger partial charge in [-0.1, -0.05) is 19.4 Å². The van der Waals surface area contributed by atoms with Gasteiger partial charge in [-0.3, -0.25) is 14.4 Å². The highest BCUT2D eigenvalue weighted by molar-refractivity contribution is 6.03. The first-order valence-electron chi connectivity index (χ1n) is 6.95. The minimum Gasteiger partial charge on any atom is -0.356 e. The van der Waals surface area contributed by atoms with Gasteiger partial charge in [0.15, 0.2) is 0 Å². The van der Waals surface area contributed by atoms with Crippen molar-refractivity contribution in [1.82, 2.24) is 5.32 Å². The Balaban J connectivity index is 2.47. The second-order valence-electron chi connectivity index (χ2n) is 4.69. The average molecular weight is 291 g/mol. The number of hydrogen-bond acceptors (Lipinski definition) is 3. The van der Waals surface area contributed by atoms with E-state index in [4.69, 9.17) is 0 Å². The molecule has 1 aromatic rings. The predicted molar refractivity (Wildman–Crippen MR) is 81.9 cm³/mol. The zero-order valence-corrected chi connectivity index (χ0v) is 12.4. The third-order valence-corrected chi connectivity index (χ3v) is 2.64.